The van der Waals surface area contributed by atoms with E-state index in [1.165, 1.54) is 0 Å². The molecule has 0 bridgehead atoms. The highest BCUT2D eigenvalue weighted by molar-refractivity contribution is 5.93. The molecule has 1 amide bonds. The molecule has 0 aromatic heterocycles. The molecule has 2 rings (SSSR count). The Kier molecular flexibility index (Phi) is 5.25. The second-order valence-corrected chi connectivity index (χ2v) is 5.11. The van der Waals surface area contributed by atoms with Gasteiger partial charge in [0.05, 0.1) is 11.6 Å². The highest BCUT2D eigenvalue weighted by Crippen LogP contribution is 2.24. The van der Waals surface area contributed by atoms with E-state index in [1.54, 1.807) is 0 Å². The molecule has 0 saturated heterocycles. The van der Waals surface area contributed by atoms with Gasteiger partial charge in [-0.1, -0.05) is 19.3 Å². The van der Waals surface area contributed by atoms with Crippen molar-refractivity contribution in [3.8, 4) is 0 Å². The number of rotatable bonds is 4. The van der Waals surface area contributed by atoms with E-state index in [2.05, 4.69) is 5.32 Å². The zero-order valence-electron chi connectivity index (χ0n) is 11.5. The summed E-state index contributed by atoms with van der Waals surface area (Å²) in [4.78, 5) is 23.3. The summed E-state index contributed by atoms with van der Waals surface area (Å²) in [5, 5.41) is 2.18. The normalized spacial score (nSPS) is 15.5. The van der Waals surface area contributed by atoms with Gasteiger partial charge < -0.3 is 10.1 Å². The second kappa shape index (κ2) is 7.15. The van der Waals surface area contributed by atoms with E-state index in [-0.39, 0.29) is 11.6 Å². The number of carbonyl (C=O) groups is 2. The van der Waals surface area contributed by atoms with Crippen molar-refractivity contribution >= 4 is 17.6 Å². The van der Waals surface area contributed by atoms with Crippen LogP contribution < -0.4 is 5.32 Å². The summed E-state index contributed by atoms with van der Waals surface area (Å²) < 4.78 is 31.2. The minimum atomic E-state index is -0.747. The van der Waals surface area contributed by atoms with Crippen molar-refractivity contribution in [3.05, 3.63) is 29.8 Å². The number of anilines is 1. The van der Waals surface area contributed by atoms with E-state index >= 15 is 0 Å². The van der Waals surface area contributed by atoms with Crippen molar-refractivity contribution in [2.75, 3.05) is 11.9 Å². The molecule has 0 unspecified atom stereocenters. The van der Waals surface area contributed by atoms with Crippen molar-refractivity contribution in [1.82, 2.24) is 0 Å². The number of carbonyl (C=O) groups excluding carboxylic acids is 2. The van der Waals surface area contributed by atoms with E-state index < -0.39 is 30.1 Å². The third-order valence-corrected chi connectivity index (χ3v) is 3.49. The number of halogens is 2. The van der Waals surface area contributed by atoms with E-state index in [0.29, 0.717) is 0 Å². The fourth-order valence-electron chi connectivity index (χ4n) is 2.37. The van der Waals surface area contributed by atoms with Gasteiger partial charge in [0.2, 0.25) is 0 Å². The molecule has 1 aliphatic rings. The zero-order valence-corrected chi connectivity index (χ0v) is 11.5. The molecule has 114 valence electrons. The maximum absolute atomic E-state index is 13.3. The lowest BCUT2D eigenvalue weighted by Crippen LogP contribution is -2.26. The number of ether oxygens (including phenoxy) is 1. The third-order valence-electron chi connectivity index (χ3n) is 3.49. The van der Waals surface area contributed by atoms with Crippen LogP contribution in [-0.2, 0) is 14.3 Å². The molecule has 4 nitrogen and oxygen atoms in total. The fraction of sp³-hybridized carbons (Fsp3) is 0.467. The second-order valence-electron chi connectivity index (χ2n) is 5.11. The molecule has 1 saturated carbocycles. The van der Waals surface area contributed by atoms with Gasteiger partial charge in [0, 0.05) is 6.07 Å². The first-order valence-electron chi connectivity index (χ1n) is 6.98. The van der Waals surface area contributed by atoms with Crippen LogP contribution in [0.15, 0.2) is 18.2 Å². The first kappa shape index (κ1) is 15.4. The highest BCUT2D eigenvalue weighted by Gasteiger charge is 2.23. The van der Waals surface area contributed by atoms with Gasteiger partial charge in [0.1, 0.15) is 11.6 Å². The molecule has 1 fully saturated rings. The van der Waals surface area contributed by atoms with Crippen molar-refractivity contribution in [3.63, 3.8) is 0 Å². The Morgan fingerprint density at radius 2 is 1.90 bits per heavy atom. The van der Waals surface area contributed by atoms with Crippen molar-refractivity contribution in [2.45, 2.75) is 32.1 Å². The SMILES string of the molecule is O=C(COC(=O)C1CCCCC1)Nc1cc(F)ccc1F. The van der Waals surface area contributed by atoms with Gasteiger partial charge in [-0.15, -0.1) is 0 Å². The molecule has 1 aromatic carbocycles. The Labute approximate surface area is 121 Å². The van der Waals surface area contributed by atoms with Crippen LogP contribution in [0.2, 0.25) is 0 Å². The fourth-order valence-corrected chi connectivity index (χ4v) is 2.37. The Balaban J connectivity index is 1.81. The maximum atomic E-state index is 13.3. The van der Waals surface area contributed by atoms with Crippen LogP contribution in [0.5, 0.6) is 0 Å². The molecule has 1 aromatic rings. The van der Waals surface area contributed by atoms with E-state index in [0.717, 1.165) is 50.3 Å². The molecule has 0 radical (unpaired) electrons. The number of hydrogen-bond donors (Lipinski definition) is 1. The molecular weight excluding hydrogens is 280 g/mol. The Morgan fingerprint density at radius 3 is 2.62 bits per heavy atom. The predicted octanol–water partition coefficient (Wildman–Crippen LogP) is 3.03. The highest BCUT2D eigenvalue weighted by atomic mass is 19.1. The van der Waals surface area contributed by atoms with E-state index in [9.17, 15) is 18.4 Å². The van der Waals surface area contributed by atoms with Crippen molar-refractivity contribution in [2.24, 2.45) is 5.92 Å². The lowest BCUT2D eigenvalue weighted by atomic mass is 9.89. The summed E-state index contributed by atoms with van der Waals surface area (Å²) in [6, 6.07) is 2.74. The van der Waals surface area contributed by atoms with Gasteiger partial charge in [0.15, 0.2) is 6.61 Å². The first-order chi connectivity index (χ1) is 10.1. The van der Waals surface area contributed by atoms with Gasteiger partial charge in [-0.2, -0.15) is 0 Å². The third kappa shape index (κ3) is 4.51. The van der Waals surface area contributed by atoms with Crippen LogP contribution in [-0.4, -0.2) is 18.5 Å². The smallest absolute Gasteiger partial charge is 0.309 e. The summed E-state index contributed by atoms with van der Waals surface area (Å²) in [5.74, 6) is -2.65. The lowest BCUT2D eigenvalue weighted by molar-refractivity contribution is -0.152. The first-order valence-corrected chi connectivity index (χ1v) is 6.98. The van der Waals surface area contributed by atoms with E-state index in [4.69, 9.17) is 4.74 Å². The van der Waals surface area contributed by atoms with Gasteiger partial charge >= 0.3 is 5.97 Å². The summed E-state index contributed by atoms with van der Waals surface area (Å²) in [7, 11) is 0. The number of esters is 1. The Hall–Kier alpha value is -1.98. The molecule has 1 aliphatic carbocycles. The standard InChI is InChI=1S/C15H17F2NO3/c16-11-6-7-12(17)13(8-11)18-14(19)9-21-15(20)10-4-2-1-3-5-10/h6-8,10H,1-5,9H2,(H,18,19). The maximum Gasteiger partial charge on any atom is 0.309 e. The molecule has 21 heavy (non-hydrogen) atoms. The van der Waals surface area contributed by atoms with Crippen LogP contribution in [0.25, 0.3) is 0 Å². The number of amides is 1. The van der Waals surface area contributed by atoms with Crippen LogP contribution in [0, 0.1) is 17.6 Å². The monoisotopic (exact) mass is 297 g/mol. The van der Waals surface area contributed by atoms with E-state index in [1.807, 2.05) is 0 Å². The van der Waals surface area contributed by atoms with Gasteiger partial charge in [-0.3, -0.25) is 9.59 Å². The number of hydrogen-bond acceptors (Lipinski definition) is 3. The number of nitrogens with one attached hydrogen (secondary N) is 1. The molecule has 0 aliphatic heterocycles. The van der Waals surface area contributed by atoms with Gasteiger partial charge in [0.25, 0.3) is 5.91 Å². The van der Waals surface area contributed by atoms with Crippen LogP contribution in [0.3, 0.4) is 0 Å². The van der Waals surface area contributed by atoms with Gasteiger partial charge in [-0.25, -0.2) is 8.78 Å². The Bertz CT molecular complexity index is 528. The Morgan fingerprint density at radius 1 is 1.19 bits per heavy atom. The molecule has 0 heterocycles. The van der Waals surface area contributed by atoms with Crippen LogP contribution >= 0.6 is 0 Å². The summed E-state index contributed by atoms with van der Waals surface area (Å²) >= 11 is 0. The average Bonchev–Trinajstić information content (AvgIpc) is 2.49. The van der Waals surface area contributed by atoms with Crippen LogP contribution in [0.4, 0.5) is 14.5 Å². The summed E-state index contributed by atoms with van der Waals surface area (Å²) in [6.45, 7) is -0.495. The van der Waals surface area contributed by atoms with Crippen LogP contribution in [0.1, 0.15) is 32.1 Å². The van der Waals surface area contributed by atoms with Crippen molar-refractivity contribution < 1.29 is 23.1 Å². The average molecular weight is 297 g/mol. The summed E-state index contributed by atoms with van der Waals surface area (Å²) in [6.07, 6.45) is 4.64. The minimum Gasteiger partial charge on any atom is -0.455 e. The zero-order chi connectivity index (χ0) is 15.2. The largest absolute Gasteiger partial charge is 0.455 e. The van der Waals surface area contributed by atoms with Crippen molar-refractivity contribution in [1.29, 1.82) is 0 Å². The lowest BCUT2D eigenvalue weighted by Gasteiger charge is -2.19. The molecule has 1 N–H and O–H groups in total. The number of benzene rings is 1. The summed E-state index contributed by atoms with van der Waals surface area (Å²) in [5.41, 5.74) is -0.270. The molecular formula is C15H17F2NO3. The predicted molar refractivity (Wildman–Crippen MR) is 72.5 cm³/mol. The molecule has 0 spiro atoms. The quantitative estimate of drug-likeness (QED) is 0.869. The topological polar surface area (TPSA) is 55.4 Å². The molecule has 6 heteroatoms. The minimum absolute atomic E-state index is 0.155. The molecule has 0 atom stereocenters. The van der Waals surface area contributed by atoms with Gasteiger partial charge in [-0.05, 0) is 25.0 Å².